The maximum Gasteiger partial charge on any atom is 0.253 e. The number of rotatable bonds is 7. The third-order valence-electron chi connectivity index (χ3n) is 6.05. The molecule has 0 aliphatic carbocycles. The third kappa shape index (κ3) is 5.74. The van der Waals surface area contributed by atoms with Crippen molar-refractivity contribution in [3.63, 3.8) is 0 Å². The van der Waals surface area contributed by atoms with Gasteiger partial charge >= 0.3 is 0 Å². The van der Waals surface area contributed by atoms with Crippen molar-refractivity contribution in [3.8, 4) is 5.75 Å². The molecule has 0 spiro atoms. The van der Waals surface area contributed by atoms with Gasteiger partial charge in [0, 0.05) is 26.2 Å². The van der Waals surface area contributed by atoms with Crippen molar-refractivity contribution >= 4 is 23.2 Å². The molecule has 34 heavy (non-hydrogen) atoms. The second-order valence-electron chi connectivity index (χ2n) is 8.45. The van der Waals surface area contributed by atoms with Gasteiger partial charge in [-0.15, -0.1) is 0 Å². The summed E-state index contributed by atoms with van der Waals surface area (Å²) < 4.78 is 0. The summed E-state index contributed by atoms with van der Waals surface area (Å²) in [6, 6.07) is 24.0. The monoisotopic (exact) mass is 458 g/mol. The van der Waals surface area contributed by atoms with Crippen LogP contribution in [0.15, 0.2) is 78.9 Å². The lowest BCUT2D eigenvalue weighted by atomic mass is 10.1. The molecule has 1 saturated heterocycles. The first kappa shape index (κ1) is 23.3. The number of nitrogens with one attached hydrogen (secondary N) is 2. The topological polar surface area (TPSA) is 84.9 Å². The number of aromatic hydroxyl groups is 1. The first-order valence-electron chi connectivity index (χ1n) is 11.5. The van der Waals surface area contributed by atoms with Crippen LogP contribution < -0.4 is 15.5 Å². The van der Waals surface area contributed by atoms with Crippen LogP contribution in [0.2, 0.25) is 0 Å². The molecule has 3 aromatic rings. The number of anilines is 2. The Bertz CT molecular complexity index is 1130. The summed E-state index contributed by atoms with van der Waals surface area (Å²) in [7, 11) is 0. The van der Waals surface area contributed by atoms with Gasteiger partial charge in [0.1, 0.15) is 5.75 Å². The van der Waals surface area contributed by atoms with Crippen LogP contribution in [-0.2, 0) is 4.79 Å². The number of phenolic OH excluding ortho intramolecular Hbond substituents is 1. The zero-order valence-electron chi connectivity index (χ0n) is 19.3. The number of phenols is 1. The summed E-state index contributed by atoms with van der Waals surface area (Å²) in [6.07, 6.45) is 0. The Hall–Kier alpha value is -3.84. The van der Waals surface area contributed by atoms with Crippen LogP contribution in [0.25, 0.3) is 0 Å². The van der Waals surface area contributed by atoms with Crippen LogP contribution in [0.1, 0.15) is 28.9 Å². The summed E-state index contributed by atoms with van der Waals surface area (Å²) >= 11 is 0. The number of nitrogens with zero attached hydrogens (tertiary/aromatic N) is 2. The standard InChI is InChI=1S/C27H30N4O3/c1-20(21-9-3-2-4-10-21)28-27(34)22-11-5-6-12-23(22)29-26(33)19-30-15-17-31(18-16-30)24-13-7-8-14-25(24)32/h2-14,20,32H,15-19H2,1H3,(H,28,34)(H,29,33)/t20-/m0/s1. The Morgan fingerprint density at radius 1 is 0.882 bits per heavy atom. The van der Waals surface area contributed by atoms with E-state index in [1.165, 1.54) is 0 Å². The van der Waals surface area contributed by atoms with Crippen LogP contribution in [0, 0.1) is 0 Å². The van der Waals surface area contributed by atoms with E-state index in [-0.39, 0.29) is 30.2 Å². The second-order valence-corrected chi connectivity index (χ2v) is 8.45. The molecule has 0 saturated carbocycles. The van der Waals surface area contributed by atoms with Crippen molar-refractivity contribution in [1.82, 2.24) is 10.2 Å². The number of piperazine rings is 1. The van der Waals surface area contributed by atoms with E-state index < -0.39 is 0 Å². The fourth-order valence-electron chi connectivity index (χ4n) is 4.16. The predicted molar refractivity (Wildman–Crippen MR) is 134 cm³/mol. The molecule has 0 aromatic heterocycles. The summed E-state index contributed by atoms with van der Waals surface area (Å²) in [5, 5.41) is 16.0. The SMILES string of the molecule is C[C@H](NC(=O)c1ccccc1NC(=O)CN1CCN(c2ccccc2O)CC1)c1ccccc1. The largest absolute Gasteiger partial charge is 0.506 e. The van der Waals surface area contributed by atoms with Gasteiger partial charge in [0.2, 0.25) is 5.91 Å². The zero-order chi connectivity index (χ0) is 23.9. The average Bonchev–Trinajstić information content (AvgIpc) is 2.85. The van der Waals surface area contributed by atoms with E-state index in [2.05, 4.69) is 20.4 Å². The first-order chi connectivity index (χ1) is 16.5. The molecule has 3 aromatic carbocycles. The van der Waals surface area contributed by atoms with Crippen LogP contribution in [0.4, 0.5) is 11.4 Å². The van der Waals surface area contributed by atoms with E-state index in [1.807, 2.05) is 49.4 Å². The average molecular weight is 459 g/mol. The molecule has 0 unspecified atom stereocenters. The van der Waals surface area contributed by atoms with Crippen molar-refractivity contribution in [1.29, 1.82) is 0 Å². The molecule has 7 heteroatoms. The van der Waals surface area contributed by atoms with Gasteiger partial charge in [0.25, 0.3) is 5.91 Å². The molecule has 1 fully saturated rings. The van der Waals surface area contributed by atoms with Crippen molar-refractivity contribution in [3.05, 3.63) is 90.0 Å². The minimum atomic E-state index is -0.233. The predicted octanol–water partition coefficient (Wildman–Crippen LogP) is 3.64. The molecule has 1 aliphatic heterocycles. The number of para-hydroxylation sites is 3. The molecule has 1 heterocycles. The van der Waals surface area contributed by atoms with Gasteiger partial charge in [-0.2, -0.15) is 0 Å². The fraction of sp³-hybridized carbons (Fsp3) is 0.259. The molecule has 3 N–H and O–H groups in total. The van der Waals surface area contributed by atoms with E-state index in [9.17, 15) is 14.7 Å². The molecule has 7 nitrogen and oxygen atoms in total. The van der Waals surface area contributed by atoms with Crippen molar-refractivity contribution < 1.29 is 14.7 Å². The van der Waals surface area contributed by atoms with Gasteiger partial charge in [-0.05, 0) is 36.8 Å². The highest BCUT2D eigenvalue weighted by Gasteiger charge is 2.22. The number of carbonyl (C=O) groups excluding carboxylic acids is 2. The summed E-state index contributed by atoms with van der Waals surface area (Å²) in [5.74, 6) is -0.124. The van der Waals surface area contributed by atoms with Crippen LogP contribution in [-0.4, -0.2) is 54.5 Å². The molecule has 0 bridgehead atoms. The van der Waals surface area contributed by atoms with Crippen molar-refractivity contribution in [2.24, 2.45) is 0 Å². The van der Waals surface area contributed by atoms with E-state index in [1.54, 1.807) is 36.4 Å². The number of hydrogen-bond donors (Lipinski definition) is 3. The van der Waals surface area contributed by atoms with Crippen LogP contribution in [0.3, 0.4) is 0 Å². The molecular weight excluding hydrogens is 428 g/mol. The fourth-order valence-corrected chi connectivity index (χ4v) is 4.16. The zero-order valence-corrected chi connectivity index (χ0v) is 19.3. The van der Waals surface area contributed by atoms with E-state index in [0.717, 1.165) is 24.3 Å². The highest BCUT2D eigenvalue weighted by molar-refractivity contribution is 6.04. The van der Waals surface area contributed by atoms with Crippen molar-refractivity contribution in [2.45, 2.75) is 13.0 Å². The lowest BCUT2D eigenvalue weighted by Crippen LogP contribution is -2.48. The van der Waals surface area contributed by atoms with E-state index in [4.69, 9.17) is 0 Å². The molecule has 1 atom stereocenters. The number of amides is 2. The molecule has 4 rings (SSSR count). The Labute approximate surface area is 200 Å². The Balaban J connectivity index is 1.32. The maximum atomic E-state index is 12.9. The Kier molecular flexibility index (Phi) is 7.44. The number of benzene rings is 3. The number of hydrogen-bond acceptors (Lipinski definition) is 5. The van der Waals surface area contributed by atoms with Crippen LogP contribution in [0.5, 0.6) is 5.75 Å². The summed E-state index contributed by atoms with van der Waals surface area (Å²) in [6.45, 7) is 5.04. The van der Waals surface area contributed by atoms with E-state index in [0.29, 0.717) is 24.3 Å². The van der Waals surface area contributed by atoms with E-state index >= 15 is 0 Å². The minimum Gasteiger partial charge on any atom is -0.506 e. The third-order valence-corrected chi connectivity index (χ3v) is 6.05. The first-order valence-corrected chi connectivity index (χ1v) is 11.5. The lowest BCUT2D eigenvalue weighted by Gasteiger charge is -2.35. The summed E-state index contributed by atoms with van der Waals surface area (Å²) in [5.41, 5.74) is 2.76. The van der Waals surface area contributed by atoms with Gasteiger partial charge < -0.3 is 20.6 Å². The number of carbonyl (C=O) groups is 2. The van der Waals surface area contributed by atoms with Gasteiger partial charge in [0.15, 0.2) is 0 Å². The second kappa shape index (κ2) is 10.9. The highest BCUT2D eigenvalue weighted by atomic mass is 16.3. The maximum absolute atomic E-state index is 12.9. The molecule has 1 aliphatic rings. The lowest BCUT2D eigenvalue weighted by molar-refractivity contribution is -0.117. The van der Waals surface area contributed by atoms with Gasteiger partial charge in [-0.1, -0.05) is 54.6 Å². The highest BCUT2D eigenvalue weighted by Crippen LogP contribution is 2.27. The van der Waals surface area contributed by atoms with Gasteiger partial charge in [0.05, 0.1) is 29.5 Å². The molecular formula is C27H30N4O3. The normalized spacial score (nSPS) is 14.9. The van der Waals surface area contributed by atoms with Gasteiger partial charge in [-0.3, -0.25) is 14.5 Å². The van der Waals surface area contributed by atoms with Crippen molar-refractivity contribution in [2.75, 3.05) is 42.9 Å². The molecule has 0 radical (unpaired) electrons. The molecule has 176 valence electrons. The minimum absolute atomic E-state index is 0.155. The van der Waals surface area contributed by atoms with Gasteiger partial charge in [-0.25, -0.2) is 0 Å². The smallest absolute Gasteiger partial charge is 0.253 e. The quantitative estimate of drug-likeness (QED) is 0.503. The Morgan fingerprint density at radius 3 is 2.26 bits per heavy atom. The summed E-state index contributed by atoms with van der Waals surface area (Å²) in [4.78, 5) is 29.9. The Morgan fingerprint density at radius 2 is 1.53 bits per heavy atom. The van der Waals surface area contributed by atoms with Crippen LogP contribution >= 0.6 is 0 Å². The molecule has 2 amide bonds.